The van der Waals surface area contributed by atoms with E-state index in [1.165, 1.54) is 0 Å². The zero-order valence-corrected chi connectivity index (χ0v) is 16.8. The first-order chi connectivity index (χ1) is 11.3. The Morgan fingerprint density at radius 3 is 2.71 bits per heavy atom. The fourth-order valence-electron chi connectivity index (χ4n) is 4.77. The fourth-order valence-corrected chi connectivity index (χ4v) is 7.01. The van der Waals surface area contributed by atoms with Gasteiger partial charge in [-0.15, -0.1) is 6.58 Å². The van der Waals surface area contributed by atoms with Gasteiger partial charge in [0.05, 0.1) is 17.4 Å². The number of amides is 1. The molecule has 0 radical (unpaired) electrons. The molecule has 1 aliphatic carbocycles. The number of carbonyl (C=O) groups excluding carboxylic acids is 1. The van der Waals surface area contributed by atoms with E-state index in [1.54, 1.807) is 4.31 Å². The van der Waals surface area contributed by atoms with Gasteiger partial charge < -0.3 is 4.55 Å². The molecule has 0 bridgehead atoms. The first kappa shape index (κ1) is 19.8. The van der Waals surface area contributed by atoms with Gasteiger partial charge in [0.2, 0.25) is 0 Å². The summed E-state index contributed by atoms with van der Waals surface area (Å²) in [5.41, 5.74) is 0.276. The molecule has 1 saturated carbocycles. The summed E-state index contributed by atoms with van der Waals surface area (Å²) in [5, 5.41) is 0. The van der Waals surface area contributed by atoms with Crippen molar-refractivity contribution in [2.45, 2.75) is 85.1 Å². The molecule has 1 amide bonds. The summed E-state index contributed by atoms with van der Waals surface area (Å²) >= 11 is -1.14. The molecule has 24 heavy (non-hydrogen) atoms. The van der Waals surface area contributed by atoms with Gasteiger partial charge in [-0.25, -0.2) is 0 Å². The summed E-state index contributed by atoms with van der Waals surface area (Å²) in [6, 6.07) is 0.198. The number of unbranched alkanes of at least 4 members (excludes halogenated alkanes) is 3. The average molecular weight is 354 g/mol. The van der Waals surface area contributed by atoms with Crippen molar-refractivity contribution in [3.05, 3.63) is 12.7 Å². The van der Waals surface area contributed by atoms with Crippen LogP contribution in [0.4, 0.5) is 0 Å². The maximum absolute atomic E-state index is 12.9. The molecule has 2 aliphatic rings. The first-order valence-corrected chi connectivity index (χ1v) is 10.9. The Kier molecular flexibility index (Phi) is 6.46. The van der Waals surface area contributed by atoms with Crippen LogP contribution >= 0.6 is 0 Å². The Balaban J connectivity index is 1.96. The molecule has 0 N–H and O–H groups in total. The molecule has 3 nitrogen and oxygen atoms in total. The fraction of sp³-hybridized carbons (Fsp3) is 0.850. The minimum absolute atomic E-state index is 0.0150. The lowest BCUT2D eigenvalue weighted by molar-refractivity contribution is -0.145. The monoisotopic (exact) mass is 353 g/mol. The van der Waals surface area contributed by atoms with Crippen molar-refractivity contribution in [3.8, 4) is 0 Å². The molecular formula is C20H35NO2S. The van der Waals surface area contributed by atoms with E-state index < -0.39 is 11.4 Å². The quantitative estimate of drug-likeness (QED) is 0.338. The third kappa shape index (κ3) is 3.41. The molecule has 4 heteroatoms. The zero-order chi connectivity index (χ0) is 18.0. The number of nitrogens with zero attached hydrogens (tertiary/aromatic N) is 1. The molecule has 1 saturated heterocycles. The van der Waals surface area contributed by atoms with Gasteiger partial charge in [0, 0.05) is 11.3 Å². The van der Waals surface area contributed by atoms with E-state index in [9.17, 15) is 9.35 Å². The van der Waals surface area contributed by atoms with E-state index in [0.29, 0.717) is 5.75 Å². The third-order valence-corrected chi connectivity index (χ3v) is 8.09. The van der Waals surface area contributed by atoms with Crippen LogP contribution in [0.2, 0.25) is 0 Å². The molecule has 2 rings (SSSR count). The van der Waals surface area contributed by atoms with Crippen LogP contribution in [0, 0.1) is 16.7 Å². The molecule has 1 heterocycles. The molecular weight excluding hydrogens is 318 g/mol. The molecule has 1 aliphatic heterocycles. The molecule has 138 valence electrons. The van der Waals surface area contributed by atoms with Crippen LogP contribution in [0.15, 0.2) is 12.7 Å². The number of carbonyl (C=O) groups is 1. The van der Waals surface area contributed by atoms with Crippen LogP contribution in [-0.2, 0) is 16.2 Å². The van der Waals surface area contributed by atoms with Crippen molar-refractivity contribution < 1.29 is 9.35 Å². The predicted octanol–water partition coefficient (Wildman–Crippen LogP) is 4.85. The van der Waals surface area contributed by atoms with E-state index in [0.717, 1.165) is 51.4 Å². The lowest BCUT2D eigenvalue weighted by atomic mass is 9.47. The summed E-state index contributed by atoms with van der Waals surface area (Å²) in [6.07, 6.45) is 10.4. The van der Waals surface area contributed by atoms with Gasteiger partial charge in [-0.1, -0.05) is 53.0 Å². The maximum atomic E-state index is 12.9. The minimum atomic E-state index is -1.14. The van der Waals surface area contributed by atoms with Crippen molar-refractivity contribution in [2.75, 3.05) is 5.75 Å². The SMILES string of the molecule is C=CCCCCCC(C)C(=O)N1C2CC(C)(C)C2(CCC)C[S+]1[O-]. The van der Waals surface area contributed by atoms with E-state index in [4.69, 9.17) is 0 Å². The molecule has 0 aromatic rings. The van der Waals surface area contributed by atoms with Crippen molar-refractivity contribution in [2.24, 2.45) is 16.7 Å². The summed E-state index contributed by atoms with van der Waals surface area (Å²) in [7, 11) is 0. The highest BCUT2D eigenvalue weighted by atomic mass is 32.2. The summed E-state index contributed by atoms with van der Waals surface area (Å²) < 4.78 is 14.5. The predicted molar refractivity (Wildman–Crippen MR) is 102 cm³/mol. The molecule has 4 unspecified atom stereocenters. The summed E-state index contributed by atoms with van der Waals surface area (Å²) in [5.74, 6) is 0.783. The highest BCUT2D eigenvalue weighted by Crippen LogP contribution is 2.65. The molecule has 4 atom stereocenters. The Labute approximate surface area is 151 Å². The Morgan fingerprint density at radius 1 is 1.42 bits per heavy atom. The average Bonchev–Trinajstić information content (AvgIpc) is 2.76. The van der Waals surface area contributed by atoms with Crippen LogP contribution in [0.25, 0.3) is 0 Å². The first-order valence-electron chi connectivity index (χ1n) is 9.63. The zero-order valence-electron chi connectivity index (χ0n) is 16.0. The summed E-state index contributed by atoms with van der Waals surface area (Å²) in [6.45, 7) is 12.5. The smallest absolute Gasteiger partial charge is 0.267 e. The summed E-state index contributed by atoms with van der Waals surface area (Å²) in [4.78, 5) is 12.9. The van der Waals surface area contributed by atoms with E-state index in [-0.39, 0.29) is 28.7 Å². The maximum Gasteiger partial charge on any atom is 0.267 e. The van der Waals surface area contributed by atoms with Gasteiger partial charge in [0.25, 0.3) is 5.91 Å². The van der Waals surface area contributed by atoms with Crippen molar-refractivity contribution in [3.63, 3.8) is 0 Å². The van der Waals surface area contributed by atoms with Crippen molar-refractivity contribution >= 4 is 17.3 Å². The van der Waals surface area contributed by atoms with Gasteiger partial charge in [0.1, 0.15) is 5.75 Å². The van der Waals surface area contributed by atoms with Gasteiger partial charge in [-0.2, -0.15) is 4.31 Å². The lowest BCUT2D eigenvalue weighted by Gasteiger charge is -2.57. The molecule has 0 spiro atoms. The highest BCUT2D eigenvalue weighted by molar-refractivity contribution is 7.90. The Morgan fingerprint density at radius 2 is 2.12 bits per heavy atom. The Hall–Kier alpha value is -0.480. The van der Waals surface area contributed by atoms with Crippen molar-refractivity contribution in [1.29, 1.82) is 0 Å². The van der Waals surface area contributed by atoms with E-state index >= 15 is 0 Å². The second kappa shape index (κ2) is 7.82. The molecule has 0 aromatic carbocycles. The largest absolute Gasteiger partial charge is 0.593 e. The van der Waals surface area contributed by atoms with Gasteiger partial charge in [0.15, 0.2) is 0 Å². The second-order valence-electron chi connectivity index (χ2n) is 8.47. The van der Waals surface area contributed by atoms with Crippen LogP contribution in [0.5, 0.6) is 0 Å². The minimum Gasteiger partial charge on any atom is -0.593 e. The van der Waals surface area contributed by atoms with Crippen LogP contribution in [0.1, 0.15) is 79.1 Å². The second-order valence-corrected chi connectivity index (χ2v) is 9.79. The molecule has 2 fully saturated rings. The molecule has 0 aromatic heterocycles. The number of allylic oxidation sites excluding steroid dienone is 1. The lowest BCUT2D eigenvalue weighted by Crippen LogP contribution is -2.62. The van der Waals surface area contributed by atoms with Gasteiger partial charge >= 0.3 is 0 Å². The number of rotatable bonds is 9. The third-order valence-electron chi connectivity index (χ3n) is 6.45. The number of hydrogen-bond donors (Lipinski definition) is 0. The van der Waals surface area contributed by atoms with Crippen LogP contribution in [-0.4, -0.2) is 26.6 Å². The highest BCUT2D eigenvalue weighted by Gasteiger charge is 2.71. The van der Waals surface area contributed by atoms with Crippen LogP contribution in [0.3, 0.4) is 0 Å². The van der Waals surface area contributed by atoms with Crippen LogP contribution < -0.4 is 0 Å². The van der Waals surface area contributed by atoms with E-state index in [1.807, 2.05) is 13.0 Å². The number of fused-ring (bicyclic) bond motifs is 1. The van der Waals surface area contributed by atoms with Crippen molar-refractivity contribution in [1.82, 2.24) is 4.31 Å². The van der Waals surface area contributed by atoms with Gasteiger partial charge in [-0.3, -0.25) is 4.79 Å². The standard InChI is InChI=1S/C20H35NO2S/c1-6-8-9-10-11-12-16(3)18(22)21-17-14-19(4,5)20(17,13-7-2)15-24(21)23/h6,16-17H,1,7-15H2,2-5H3. The Bertz CT molecular complexity index is 465. The number of hydrogen-bond acceptors (Lipinski definition) is 2. The van der Waals surface area contributed by atoms with E-state index in [2.05, 4.69) is 27.4 Å². The normalized spacial score (nSPS) is 32.1. The van der Waals surface area contributed by atoms with Gasteiger partial charge in [-0.05, 0) is 37.5 Å². The topological polar surface area (TPSA) is 43.4 Å².